The number of benzene rings is 1. The fourth-order valence-electron chi connectivity index (χ4n) is 2.15. The highest BCUT2D eigenvalue weighted by atomic mass is 16.5. The van der Waals surface area contributed by atoms with Crippen LogP contribution in [0.3, 0.4) is 0 Å². The van der Waals surface area contributed by atoms with E-state index in [1.165, 1.54) is 0 Å². The summed E-state index contributed by atoms with van der Waals surface area (Å²) in [6, 6.07) is 5.79. The molecular weight excluding hydrogens is 218 g/mol. The third kappa shape index (κ3) is 2.58. The van der Waals surface area contributed by atoms with Crippen molar-refractivity contribution in [2.24, 2.45) is 5.16 Å². The predicted octanol–water partition coefficient (Wildman–Crippen LogP) is 1.96. The molecule has 0 aliphatic heterocycles. The molecule has 2 N–H and O–H groups in total. The highest BCUT2D eigenvalue weighted by molar-refractivity contribution is 6.02. The number of fused-ring (bicyclic) bond motifs is 1. The molecule has 0 unspecified atom stereocenters. The quantitative estimate of drug-likeness (QED) is 0.476. The summed E-state index contributed by atoms with van der Waals surface area (Å²) in [5.41, 5.74) is 2.84. The van der Waals surface area contributed by atoms with E-state index in [2.05, 4.69) is 5.16 Å². The fourth-order valence-corrected chi connectivity index (χ4v) is 2.15. The van der Waals surface area contributed by atoms with E-state index in [0.29, 0.717) is 13.0 Å². The maximum atomic E-state index is 8.96. The van der Waals surface area contributed by atoms with Crippen molar-refractivity contribution in [1.82, 2.24) is 0 Å². The Labute approximate surface area is 101 Å². The molecule has 92 valence electrons. The van der Waals surface area contributed by atoms with E-state index in [0.717, 1.165) is 41.9 Å². The summed E-state index contributed by atoms with van der Waals surface area (Å²) in [5.74, 6) is 0.844. The molecule has 4 nitrogen and oxygen atoms in total. The Hall–Kier alpha value is -1.55. The first-order chi connectivity index (χ1) is 8.36. The van der Waals surface area contributed by atoms with Crippen molar-refractivity contribution >= 4 is 5.71 Å². The molecular formula is C13H17NO3. The molecule has 2 rings (SSSR count). The first-order valence-corrected chi connectivity index (χ1v) is 5.93. The van der Waals surface area contributed by atoms with Gasteiger partial charge in [-0.1, -0.05) is 17.3 Å². The maximum Gasteiger partial charge on any atom is 0.123 e. The van der Waals surface area contributed by atoms with Gasteiger partial charge in [0.1, 0.15) is 5.75 Å². The molecule has 0 amide bonds. The van der Waals surface area contributed by atoms with E-state index in [-0.39, 0.29) is 6.61 Å². The van der Waals surface area contributed by atoms with Crippen molar-refractivity contribution in [1.29, 1.82) is 0 Å². The lowest BCUT2D eigenvalue weighted by Crippen LogP contribution is -2.14. The normalized spacial score (nSPS) is 16.9. The molecule has 0 fully saturated rings. The standard InChI is InChI=1S/C13H17NO3/c15-8-3-9-17-13-7-2-4-10-11(13)5-1-6-12(10)14-16/h2,4,7,15-16H,1,3,5-6,8-9H2/b14-12+. The molecule has 0 saturated carbocycles. The smallest absolute Gasteiger partial charge is 0.123 e. The number of hydrogen-bond acceptors (Lipinski definition) is 4. The van der Waals surface area contributed by atoms with Crippen LogP contribution in [0.4, 0.5) is 0 Å². The van der Waals surface area contributed by atoms with Crippen LogP contribution in [-0.2, 0) is 6.42 Å². The highest BCUT2D eigenvalue weighted by Crippen LogP contribution is 2.29. The zero-order chi connectivity index (χ0) is 12.1. The second-order valence-electron chi connectivity index (χ2n) is 4.11. The SMILES string of the molecule is OCCCOc1cccc2c1CCC/C2=N\O. The van der Waals surface area contributed by atoms with Gasteiger partial charge in [-0.15, -0.1) is 0 Å². The summed E-state index contributed by atoms with van der Waals surface area (Å²) in [7, 11) is 0. The first kappa shape index (κ1) is 11.9. The number of aliphatic hydroxyl groups excluding tert-OH is 1. The number of oxime groups is 1. The summed E-state index contributed by atoms with van der Waals surface area (Å²) in [5, 5.41) is 21.0. The van der Waals surface area contributed by atoms with Gasteiger partial charge in [0.15, 0.2) is 0 Å². The molecule has 0 saturated heterocycles. The summed E-state index contributed by atoms with van der Waals surface area (Å²) in [6.07, 6.45) is 3.37. The molecule has 0 atom stereocenters. The fraction of sp³-hybridized carbons (Fsp3) is 0.462. The Morgan fingerprint density at radius 2 is 2.18 bits per heavy atom. The van der Waals surface area contributed by atoms with Gasteiger partial charge in [-0.25, -0.2) is 0 Å². The van der Waals surface area contributed by atoms with Crippen molar-refractivity contribution in [3.05, 3.63) is 29.3 Å². The molecule has 1 aromatic carbocycles. The van der Waals surface area contributed by atoms with Gasteiger partial charge in [0, 0.05) is 24.2 Å². The largest absolute Gasteiger partial charge is 0.493 e. The van der Waals surface area contributed by atoms with Gasteiger partial charge in [0.2, 0.25) is 0 Å². The van der Waals surface area contributed by atoms with Crippen LogP contribution in [0.5, 0.6) is 5.75 Å². The van der Waals surface area contributed by atoms with Crippen LogP contribution in [0.2, 0.25) is 0 Å². The van der Waals surface area contributed by atoms with Gasteiger partial charge in [-0.05, 0) is 25.3 Å². The minimum Gasteiger partial charge on any atom is -0.493 e. The second kappa shape index (κ2) is 5.68. The molecule has 0 spiro atoms. The van der Waals surface area contributed by atoms with Crippen LogP contribution in [0.15, 0.2) is 23.4 Å². The molecule has 1 aliphatic rings. The van der Waals surface area contributed by atoms with Crippen LogP contribution in [0, 0.1) is 0 Å². The van der Waals surface area contributed by atoms with E-state index in [1.54, 1.807) is 0 Å². The lowest BCUT2D eigenvalue weighted by Gasteiger charge is -2.20. The average molecular weight is 235 g/mol. The Morgan fingerprint density at radius 3 is 2.94 bits per heavy atom. The van der Waals surface area contributed by atoms with Crippen molar-refractivity contribution < 1.29 is 15.1 Å². The van der Waals surface area contributed by atoms with Crippen molar-refractivity contribution in [2.75, 3.05) is 13.2 Å². The van der Waals surface area contributed by atoms with Gasteiger partial charge in [0.25, 0.3) is 0 Å². The third-order valence-electron chi connectivity index (χ3n) is 2.97. The molecule has 0 heterocycles. The molecule has 4 heteroatoms. The van der Waals surface area contributed by atoms with Gasteiger partial charge >= 0.3 is 0 Å². The zero-order valence-electron chi connectivity index (χ0n) is 9.72. The van der Waals surface area contributed by atoms with E-state index >= 15 is 0 Å². The van der Waals surface area contributed by atoms with Crippen molar-refractivity contribution in [3.63, 3.8) is 0 Å². The minimum absolute atomic E-state index is 0.137. The lowest BCUT2D eigenvalue weighted by atomic mass is 9.89. The second-order valence-corrected chi connectivity index (χ2v) is 4.11. The predicted molar refractivity (Wildman–Crippen MR) is 64.9 cm³/mol. The van der Waals surface area contributed by atoms with Crippen molar-refractivity contribution in [3.8, 4) is 5.75 Å². The zero-order valence-corrected chi connectivity index (χ0v) is 9.72. The Morgan fingerprint density at radius 1 is 1.29 bits per heavy atom. The summed E-state index contributed by atoms with van der Waals surface area (Å²) >= 11 is 0. The van der Waals surface area contributed by atoms with Gasteiger partial charge < -0.3 is 15.1 Å². The molecule has 0 aromatic heterocycles. The maximum absolute atomic E-state index is 8.96. The topological polar surface area (TPSA) is 62.0 Å². The first-order valence-electron chi connectivity index (χ1n) is 5.93. The number of rotatable bonds is 4. The van der Waals surface area contributed by atoms with E-state index in [4.69, 9.17) is 15.1 Å². The van der Waals surface area contributed by atoms with E-state index in [1.807, 2.05) is 18.2 Å². The van der Waals surface area contributed by atoms with Gasteiger partial charge in [0.05, 0.1) is 12.3 Å². The lowest BCUT2D eigenvalue weighted by molar-refractivity contribution is 0.232. The number of ether oxygens (including phenoxy) is 1. The van der Waals surface area contributed by atoms with Crippen molar-refractivity contribution in [2.45, 2.75) is 25.7 Å². The molecule has 17 heavy (non-hydrogen) atoms. The van der Waals surface area contributed by atoms with E-state index < -0.39 is 0 Å². The van der Waals surface area contributed by atoms with Crippen LogP contribution >= 0.6 is 0 Å². The van der Waals surface area contributed by atoms with Gasteiger partial charge in [-0.2, -0.15) is 0 Å². The Kier molecular flexibility index (Phi) is 3.98. The van der Waals surface area contributed by atoms with Gasteiger partial charge in [-0.3, -0.25) is 0 Å². The highest BCUT2D eigenvalue weighted by Gasteiger charge is 2.19. The van der Waals surface area contributed by atoms with Crippen LogP contribution in [0.1, 0.15) is 30.4 Å². The summed E-state index contributed by atoms with van der Waals surface area (Å²) in [4.78, 5) is 0. The molecule has 1 aliphatic carbocycles. The number of aliphatic hydroxyl groups is 1. The van der Waals surface area contributed by atoms with Crippen LogP contribution < -0.4 is 4.74 Å². The molecule has 0 radical (unpaired) electrons. The summed E-state index contributed by atoms with van der Waals surface area (Å²) in [6.45, 7) is 0.650. The third-order valence-corrected chi connectivity index (χ3v) is 2.97. The van der Waals surface area contributed by atoms with Crippen LogP contribution in [-0.4, -0.2) is 29.2 Å². The number of hydrogen-bond donors (Lipinski definition) is 2. The number of nitrogens with zero attached hydrogens (tertiary/aromatic N) is 1. The Bertz CT molecular complexity index is 415. The molecule has 0 bridgehead atoms. The average Bonchev–Trinajstić information content (AvgIpc) is 2.38. The van der Waals surface area contributed by atoms with Crippen LogP contribution in [0.25, 0.3) is 0 Å². The summed E-state index contributed by atoms with van der Waals surface area (Å²) < 4.78 is 5.64. The monoisotopic (exact) mass is 235 g/mol. The Balaban J connectivity index is 2.23. The minimum atomic E-state index is 0.137. The molecule has 1 aromatic rings. The van der Waals surface area contributed by atoms with E-state index in [9.17, 15) is 0 Å².